The fraction of sp³-hybridized carbons (Fsp3) is 0.111. The van der Waals surface area contributed by atoms with Crippen molar-refractivity contribution in [3.05, 3.63) is 43.9 Å². The predicted molar refractivity (Wildman–Crippen MR) is 59.8 cm³/mol. The third-order valence-corrected chi connectivity index (χ3v) is 3.69. The zero-order valence-electron chi connectivity index (χ0n) is 6.91. The van der Waals surface area contributed by atoms with Crippen LogP contribution in [-0.2, 0) is 0 Å². The molecular formula is C9H6BrClO2S. The Kier molecular flexibility index (Phi) is 2.97. The summed E-state index contributed by atoms with van der Waals surface area (Å²) in [7, 11) is 0. The lowest BCUT2D eigenvalue weighted by Crippen LogP contribution is -1.97. The smallest absolute Gasteiger partial charge is 0.151 e. The van der Waals surface area contributed by atoms with E-state index in [9.17, 15) is 5.11 Å². The standard InChI is InChI=1S/C9H6BrClO2S/c10-6-1-3-13-8(6)7(12)5-2-4-14-9(5)11/h1-4,7,12H. The summed E-state index contributed by atoms with van der Waals surface area (Å²) in [5, 5.41) is 11.8. The average molecular weight is 294 g/mol. The van der Waals surface area contributed by atoms with Crippen molar-refractivity contribution < 1.29 is 9.52 Å². The summed E-state index contributed by atoms with van der Waals surface area (Å²) in [4.78, 5) is 0. The van der Waals surface area contributed by atoms with Gasteiger partial charge in [0.2, 0.25) is 0 Å². The highest BCUT2D eigenvalue weighted by Crippen LogP contribution is 2.35. The van der Waals surface area contributed by atoms with Gasteiger partial charge in [0.05, 0.1) is 15.1 Å². The van der Waals surface area contributed by atoms with Crippen molar-refractivity contribution in [3.63, 3.8) is 0 Å². The van der Waals surface area contributed by atoms with Crippen LogP contribution in [0.4, 0.5) is 0 Å². The molecule has 2 heterocycles. The van der Waals surface area contributed by atoms with E-state index < -0.39 is 6.10 Å². The minimum atomic E-state index is -0.807. The maximum atomic E-state index is 9.93. The Bertz CT molecular complexity index is 397. The van der Waals surface area contributed by atoms with E-state index in [4.69, 9.17) is 16.0 Å². The summed E-state index contributed by atoms with van der Waals surface area (Å²) in [6.45, 7) is 0. The van der Waals surface area contributed by atoms with Gasteiger partial charge in [-0.05, 0) is 33.4 Å². The summed E-state index contributed by atoms with van der Waals surface area (Å²) in [5.74, 6) is 0.477. The quantitative estimate of drug-likeness (QED) is 0.912. The number of halogens is 2. The van der Waals surface area contributed by atoms with Crippen LogP contribution in [0.1, 0.15) is 17.4 Å². The summed E-state index contributed by atoms with van der Waals surface area (Å²) < 4.78 is 6.48. The van der Waals surface area contributed by atoms with E-state index in [1.807, 2.05) is 5.38 Å². The molecular weight excluding hydrogens is 288 g/mol. The predicted octanol–water partition coefficient (Wildman–Crippen LogP) is 3.84. The van der Waals surface area contributed by atoms with Crippen molar-refractivity contribution in [3.8, 4) is 0 Å². The highest BCUT2D eigenvalue weighted by Gasteiger charge is 2.20. The van der Waals surface area contributed by atoms with Gasteiger partial charge in [0.15, 0.2) is 5.76 Å². The van der Waals surface area contributed by atoms with Crippen molar-refractivity contribution in [1.82, 2.24) is 0 Å². The molecule has 0 radical (unpaired) electrons. The van der Waals surface area contributed by atoms with Gasteiger partial charge in [-0.3, -0.25) is 0 Å². The number of hydrogen-bond acceptors (Lipinski definition) is 3. The number of aliphatic hydroxyl groups excluding tert-OH is 1. The third kappa shape index (κ3) is 1.75. The van der Waals surface area contributed by atoms with Crippen LogP contribution in [-0.4, -0.2) is 5.11 Å². The molecule has 0 aliphatic rings. The van der Waals surface area contributed by atoms with Gasteiger partial charge in [0.1, 0.15) is 6.10 Å². The summed E-state index contributed by atoms with van der Waals surface area (Å²) in [6, 6.07) is 3.52. The molecule has 0 aliphatic heterocycles. The molecule has 0 fully saturated rings. The third-order valence-electron chi connectivity index (χ3n) is 1.83. The normalized spacial score (nSPS) is 13.1. The Labute approximate surface area is 98.3 Å². The van der Waals surface area contributed by atoms with E-state index in [0.29, 0.717) is 15.7 Å². The molecule has 0 aliphatic carbocycles. The maximum Gasteiger partial charge on any atom is 0.151 e. The molecule has 0 spiro atoms. The van der Waals surface area contributed by atoms with Crippen LogP contribution >= 0.6 is 38.9 Å². The SMILES string of the molecule is OC(c1ccsc1Cl)c1occc1Br. The van der Waals surface area contributed by atoms with E-state index in [1.54, 1.807) is 12.1 Å². The van der Waals surface area contributed by atoms with E-state index in [-0.39, 0.29) is 0 Å². The first-order valence-electron chi connectivity index (χ1n) is 3.84. The van der Waals surface area contributed by atoms with E-state index in [1.165, 1.54) is 17.6 Å². The van der Waals surface area contributed by atoms with Crippen LogP contribution in [0, 0.1) is 0 Å². The highest BCUT2D eigenvalue weighted by atomic mass is 79.9. The van der Waals surface area contributed by atoms with E-state index in [2.05, 4.69) is 15.9 Å². The zero-order chi connectivity index (χ0) is 10.1. The minimum absolute atomic E-state index is 0.477. The second-order valence-corrected chi connectivity index (χ2v) is 5.06. The summed E-state index contributed by atoms with van der Waals surface area (Å²) >= 11 is 10.6. The van der Waals surface area contributed by atoms with Gasteiger partial charge < -0.3 is 9.52 Å². The van der Waals surface area contributed by atoms with Crippen LogP contribution in [0.3, 0.4) is 0 Å². The molecule has 1 atom stereocenters. The maximum absolute atomic E-state index is 9.93. The van der Waals surface area contributed by atoms with Gasteiger partial charge in [-0.2, -0.15) is 0 Å². The van der Waals surface area contributed by atoms with Crippen LogP contribution < -0.4 is 0 Å². The van der Waals surface area contributed by atoms with Gasteiger partial charge in [0.25, 0.3) is 0 Å². The molecule has 2 aromatic heterocycles. The second-order valence-electron chi connectivity index (χ2n) is 2.68. The van der Waals surface area contributed by atoms with Crippen molar-refractivity contribution in [2.45, 2.75) is 6.10 Å². The largest absolute Gasteiger partial charge is 0.465 e. The number of rotatable bonds is 2. The molecule has 2 aromatic rings. The van der Waals surface area contributed by atoms with Gasteiger partial charge in [-0.25, -0.2) is 0 Å². The number of thiophene rings is 1. The van der Waals surface area contributed by atoms with Crippen molar-refractivity contribution in [2.24, 2.45) is 0 Å². The number of hydrogen-bond donors (Lipinski definition) is 1. The van der Waals surface area contributed by atoms with Crippen molar-refractivity contribution in [1.29, 1.82) is 0 Å². The summed E-state index contributed by atoms with van der Waals surface area (Å²) in [6.07, 6.45) is 0.709. The average Bonchev–Trinajstić information content (AvgIpc) is 2.73. The Morgan fingerprint density at radius 3 is 2.79 bits per heavy atom. The highest BCUT2D eigenvalue weighted by molar-refractivity contribution is 9.10. The first-order valence-corrected chi connectivity index (χ1v) is 5.89. The second kappa shape index (κ2) is 4.06. The molecule has 0 saturated carbocycles. The van der Waals surface area contributed by atoms with Gasteiger partial charge in [-0.1, -0.05) is 11.6 Å². The van der Waals surface area contributed by atoms with Crippen LogP contribution in [0.2, 0.25) is 4.34 Å². The molecule has 0 amide bonds. The van der Waals surface area contributed by atoms with Gasteiger partial charge in [-0.15, -0.1) is 11.3 Å². The molecule has 0 bridgehead atoms. The van der Waals surface area contributed by atoms with Crippen molar-refractivity contribution >= 4 is 38.9 Å². The molecule has 1 N–H and O–H groups in total. The molecule has 5 heteroatoms. The fourth-order valence-electron chi connectivity index (χ4n) is 1.14. The topological polar surface area (TPSA) is 33.4 Å². The Balaban J connectivity index is 2.38. The van der Waals surface area contributed by atoms with Crippen LogP contribution in [0.5, 0.6) is 0 Å². The molecule has 2 rings (SSSR count). The lowest BCUT2D eigenvalue weighted by Gasteiger charge is -2.06. The molecule has 14 heavy (non-hydrogen) atoms. The number of aliphatic hydroxyl groups is 1. The molecule has 0 aromatic carbocycles. The summed E-state index contributed by atoms with van der Waals surface area (Å²) in [5.41, 5.74) is 0.673. The minimum Gasteiger partial charge on any atom is -0.465 e. The Morgan fingerprint density at radius 1 is 1.50 bits per heavy atom. The van der Waals surface area contributed by atoms with E-state index in [0.717, 1.165) is 4.47 Å². The number of furan rings is 1. The lowest BCUT2D eigenvalue weighted by atomic mass is 10.1. The first kappa shape index (κ1) is 10.2. The van der Waals surface area contributed by atoms with E-state index >= 15 is 0 Å². The van der Waals surface area contributed by atoms with Gasteiger partial charge >= 0.3 is 0 Å². The Hall–Kier alpha value is -0.290. The zero-order valence-corrected chi connectivity index (χ0v) is 10.1. The van der Waals surface area contributed by atoms with Crippen LogP contribution in [0.15, 0.2) is 32.7 Å². The van der Waals surface area contributed by atoms with Gasteiger partial charge in [0, 0.05) is 5.56 Å². The molecule has 0 saturated heterocycles. The van der Waals surface area contributed by atoms with Crippen LogP contribution in [0.25, 0.3) is 0 Å². The van der Waals surface area contributed by atoms with Crippen molar-refractivity contribution in [2.75, 3.05) is 0 Å². The molecule has 74 valence electrons. The lowest BCUT2D eigenvalue weighted by molar-refractivity contribution is 0.189. The Morgan fingerprint density at radius 2 is 2.29 bits per heavy atom. The monoisotopic (exact) mass is 292 g/mol. The molecule has 2 nitrogen and oxygen atoms in total. The fourth-order valence-corrected chi connectivity index (χ4v) is 2.53. The first-order chi connectivity index (χ1) is 6.70. The molecule has 1 unspecified atom stereocenters.